The van der Waals surface area contributed by atoms with E-state index in [2.05, 4.69) is 10.3 Å². The second kappa shape index (κ2) is 8.66. The average Bonchev–Trinajstić information content (AvgIpc) is 3.12. The van der Waals surface area contributed by atoms with Crippen LogP contribution >= 0.6 is 11.3 Å². The molecule has 2 heterocycles. The van der Waals surface area contributed by atoms with Crippen LogP contribution in [0.25, 0.3) is 0 Å². The number of hydrogen-bond acceptors (Lipinski definition) is 6. The number of hydrogen-bond donors (Lipinski definition) is 2. The van der Waals surface area contributed by atoms with E-state index in [1.807, 2.05) is 30.3 Å². The highest BCUT2D eigenvalue weighted by Crippen LogP contribution is 2.19. The van der Waals surface area contributed by atoms with E-state index < -0.39 is 0 Å². The number of ether oxygens (including phenoxy) is 1. The molecule has 26 heavy (non-hydrogen) atoms. The Hall–Kier alpha value is -2.61. The Kier molecular flexibility index (Phi) is 6.06. The molecule has 2 amide bonds. The molecule has 3 rings (SSSR count). The Morgan fingerprint density at radius 1 is 1.27 bits per heavy atom. The van der Waals surface area contributed by atoms with E-state index in [0.29, 0.717) is 35.6 Å². The summed E-state index contributed by atoms with van der Waals surface area (Å²) in [6.45, 7) is 2.15. The first-order valence-corrected chi connectivity index (χ1v) is 9.38. The van der Waals surface area contributed by atoms with Gasteiger partial charge in [0.1, 0.15) is 11.5 Å². The molecule has 0 bridgehead atoms. The Morgan fingerprint density at radius 2 is 2.00 bits per heavy atom. The number of nitrogens with one attached hydrogen (secondary N) is 1. The maximum Gasteiger partial charge on any atom is 0.410 e. The van der Waals surface area contributed by atoms with E-state index in [9.17, 15) is 9.59 Å². The average molecular weight is 374 g/mol. The van der Waals surface area contributed by atoms with Gasteiger partial charge in [0.25, 0.3) is 5.91 Å². The summed E-state index contributed by atoms with van der Waals surface area (Å²) in [5, 5.41) is 3.30. The van der Waals surface area contributed by atoms with Gasteiger partial charge < -0.3 is 20.7 Å². The third-order valence-electron chi connectivity index (χ3n) is 4.38. The molecule has 1 aliphatic rings. The van der Waals surface area contributed by atoms with Crippen LogP contribution in [0.3, 0.4) is 0 Å². The number of benzene rings is 1. The minimum Gasteiger partial charge on any atom is -0.445 e. The molecule has 1 saturated heterocycles. The first-order chi connectivity index (χ1) is 12.6. The van der Waals surface area contributed by atoms with Crippen LogP contribution in [0.4, 0.5) is 9.93 Å². The zero-order chi connectivity index (χ0) is 18.4. The summed E-state index contributed by atoms with van der Waals surface area (Å²) in [4.78, 5) is 30.3. The van der Waals surface area contributed by atoms with Crippen LogP contribution in [-0.4, -0.2) is 41.5 Å². The highest BCUT2D eigenvalue weighted by molar-refractivity contribution is 7.17. The molecule has 1 aromatic carbocycles. The molecule has 0 atom stereocenters. The largest absolute Gasteiger partial charge is 0.445 e. The van der Waals surface area contributed by atoms with Crippen molar-refractivity contribution in [3.8, 4) is 0 Å². The zero-order valence-electron chi connectivity index (χ0n) is 14.4. The van der Waals surface area contributed by atoms with Crippen molar-refractivity contribution in [3.05, 3.63) is 47.0 Å². The molecule has 1 fully saturated rings. The lowest BCUT2D eigenvalue weighted by atomic mass is 9.97. The van der Waals surface area contributed by atoms with E-state index in [-0.39, 0.29) is 18.6 Å². The second-order valence-corrected chi connectivity index (χ2v) is 7.31. The number of carbonyl (C=O) groups excluding carboxylic acids is 2. The number of nitrogens with zero attached hydrogens (tertiary/aromatic N) is 2. The van der Waals surface area contributed by atoms with Gasteiger partial charge in [-0.05, 0) is 24.3 Å². The molecule has 0 unspecified atom stereocenters. The lowest BCUT2D eigenvalue weighted by Crippen LogP contribution is -2.41. The third kappa shape index (κ3) is 4.95. The number of likely N-dealkylation sites (tertiary alicyclic amines) is 1. The van der Waals surface area contributed by atoms with Gasteiger partial charge in [-0.1, -0.05) is 41.7 Å². The summed E-state index contributed by atoms with van der Waals surface area (Å²) >= 11 is 1.18. The number of thiazole rings is 1. The number of nitrogen functional groups attached to an aromatic ring is 1. The van der Waals surface area contributed by atoms with Gasteiger partial charge in [-0.3, -0.25) is 4.79 Å². The van der Waals surface area contributed by atoms with Gasteiger partial charge in [0.15, 0.2) is 5.13 Å². The van der Waals surface area contributed by atoms with Crippen molar-refractivity contribution >= 4 is 28.5 Å². The number of rotatable bonds is 5. The van der Waals surface area contributed by atoms with Crippen molar-refractivity contribution in [2.24, 2.45) is 5.92 Å². The van der Waals surface area contributed by atoms with Gasteiger partial charge in [0.05, 0.1) is 6.20 Å². The molecule has 138 valence electrons. The van der Waals surface area contributed by atoms with Gasteiger partial charge >= 0.3 is 6.09 Å². The van der Waals surface area contributed by atoms with E-state index in [1.165, 1.54) is 17.5 Å². The van der Waals surface area contributed by atoms with E-state index in [0.717, 1.165) is 18.4 Å². The smallest absolute Gasteiger partial charge is 0.410 e. The van der Waals surface area contributed by atoms with Gasteiger partial charge in [-0.25, -0.2) is 9.78 Å². The lowest BCUT2D eigenvalue weighted by molar-refractivity contribution is 0.0801. The van der Waals surface area contributed by atoms with Crippen molar-refractivity contribution in [3.63, 3.8) is 0 Å². The van der Waals surface area contributed by atoms with Crippen molar-refractivity contribution in [2.45, 2.75) is 19.4 Å². The normalized spacial score (nSPS) is 14.8. The number of carbonyl (C=O) groups is 2. The fourth-order valence-electron chi connectivity index (χ4n) is 2.85. The molecule has 0 saturated carbocycles. The number of amides is 2. The zero-order valence-corrected chi connectivity index (χ0v) is 15.2. The maximum atomic E-state index is 12.1. The molecule has 0 spiro atoms. The van der Waals surface area contributed by atoms with Gasteiger partial charge in [0, 0.05) is 19.6 Å². The maximum absolute atomic E-state index is 12.1. The first-order valence-electron chi connectivity index (χ1n) is 8.57. The highest BCUT2D eigenvalue weighted by Gasteiger charge is 2.24. The number of anilines is 1. The standard InChI is InChI=1S/C18H22N4O3S/c19-17-21-11-15(26-17)16(23)20-10-13-6-8-22(9-7-13)18(24)25-12-14-4-2-1-3-5-14/h1-5,11,13H,6-10,12H2,(H2,19,21)(H,20,23). The van der Waals surface area contributed by atoms with Crippen LogP contribution < -0.4 is 11.1 Å². The highest BCUT2D eigenvalue weighted by atomic mass is 32.1. The Labute approximate surface area is 156 Å². The van der Waals surface area contributed by atoms with Gasteiger partial charge in [0.2, 0.25) is 0 Å². The summed E-state index contributed by atoms with van der Waals surface area (Å²) < 4.78 is 5.36. The van der Waals surface area contributed by atoms with E-state index in [1.54, 1.807) is 4.90 Å². The minimum absolute atomic E-state index is 0.149. The first kappa shape index (κ1) is 18.2. The summed E-state index contributed by atoms with van der Waals surface area (Å²) in [7, 11) is 0. The van der Waals surface area contributed by atoms with Crippen LogP contribution in [0.5, 0.6) is 0 Å². The molecule has 0 aliphatic carbocycles. The van der Waals surface area contributed by atoms with Crippen LogP contribution in [0.1, 0.15) is 28.1 Å². The fraction of sp³-hybridized carbons (Fsp3) is 0.389. The van der Waals surface area contributed by atoms with Crippen LogP contribution in [-0.2, 0) is 11.3 Å². The second-order valence-electron chi connectivity index (χ2n) is 6.24. The minimum atomic E-state index is -0.281. The van der Waals surface area contributed by atoms with Gasteiger partial charge in [-0.15, -0.1) is 0 Å². The topological polar surface area (TPSA) is 97.5 Å². The van der Waals surface area contributed by atoms with Crippen molar-refractivity contribution in [2.75, 3.05) is 25.4 Å². The molecule has 8 heteroatoms. The lowest BCUT2D eigenvalue weighted by Gasteiger charge is -2.31. The summed E-state index contributed by atoms with van der Waals surface area (Å²) in [5.74, 6) is 0.200. The molecule has 0 radical (unpaired) electrons. The van der Waals surface area contributed by atoms with E-state index in [4.69, 9.17) is 10.5 Å². The van der Waals surface area contributed by atoms with Crippen molar-refractivity contribution in [1.82, 2.24) is 15.2 Å². The molecule has 7 nitrogen and oxygen atoms in total. The molecular formula is C18H22N4O3S. The Balaban J connectivity index is 1.37. The predicted octanol–water partition coefficient (Wildman–Crippen LogP) is 2.50. The predicted molar refractivity (Wildman–Crippen MR) is 99.8 cm³/mol. The fourth-order valence-corrected chi connectivity index (χ4v) is 3.45. The van der Waals surface area contributed by atoms with Crippen LogP contribution in [0, 0.1) is 5.92 Å². The summed E-state index contributed by atoms with van der Waals surface area (Å²) in [5.41, 5.74) is 6.51. The molecule has 3 N–H and O–H groups in total. The summed E-state index contributed by atoms with van der Waals surface area (Å²) in [6, 6.07) is 9.63. The van der Waals surface area contributed by atoms with E-state index >= 15 is 0 Å². The third-order valence-corrected chi connectivity index (χ3v) is 5.20. The van der Waals surface area contributed by atoms with Crippen molar-refractivity contribution < 1.29 is 14.3 Å². The van der Waals surface area contributed by atoms with Crippen molar-refractivity contribution in [1.29, 1.82) is 0 Å². The summed E-state index contributed by atoms with van der Waals surface area (Å²) in [6.07, 6.45) is 2.88. The van der Waals surface area contributed by atoms with Crippen LogP contribution in [0.2, 0.25) is 0 Å². The number of aromatic nitrogens is 1. The monoisotopic (exact) mass is 374 g/mol. The molecule has 1 aliphatic heterocycles. The number of nitrogens with two attached hydrogens (primary N) is 1. The quantitative estimate of drug-likeness (QED) is 0.838. The molecular weight excluding hydrogens is 352 g/mol. The number of piperidine rings is 1. The molecule has 2 aromatic rings. The molecule has 1 aromatic heterocycles. The SMILES string of the molecule is Nc1ncc(C(=O)NCC2CCN(C(=O)OCc3ccccc3)CC2)s1. The van der Waals surface area contributed by atoms with Gasteiger partial charge in [-0.2, -0.15) is 0 Å². The van der Waals surface area contributed by atoms with Crippen LogP contribution in [0.15, 0.2) is 36.5 Å². The Bertz CT molecular complexity index is 742. The Morgan fingerprint density at radius 3 is 2.65 bits per heavy atom.